The van der Waals surface area contributed by atoms with E-state index < -0.39 is 6.10 Å². The molecule has 0 aromatic carbocycles. The highest BCUT2D eigenvalue weighted by atomic mass is 16.5. The molecule has 1 atom stereocenters. The second-order valence-corrected chi connectivity index (χ2v) is 4.93. The molecule has 0 spiro atoms. The van der Waals surface area contributed by atoms with Crippen LogP contribution in [0.4, 0.5) is 0 Å². The van der Waals surface area contributed by atoms with Crippen molar-refractivity contribution >= 4 is 0 Å². The quantitative estimate of drug-likeness (QED) is 0.870. The molecule has 1 aliphatic rings. The number of hydrogen-bond acceptors (Lipinski definition) is 5. The number of nitrogens with zero attached hydrogens (tertiary/aromatic N) is 2. The Morgan fingerprint density at radius 1 is 1.17 bits per heavy atom. The Hall–Kier alpha value is -1.36. The van der Waals surface area contributed by atoms with E-state index in [-0.39, 0.29) is 6.10 Å². The lowest BCUT2D eigenvalue weighted by atomic mass is 10.2. The Labute approximate surface area is 107 Å². The molecule has 1 saturated carbocycles. The third-order valence-corrected chi connectivity index (χ3v) is 2.79. The van der Waals surface area contributed by atoms with Crippen LogP contribution in [-0.4, -0.2) is 28.3 Å². The number of aromatic nitrogens is 2. The van der Waals surface area contributed by atoms with Crippen LogP contribution in [0.2, 0.25) is 0 Å². The molecule has 2 rings (SSSR count). The topological polar surface area (TPSA) is 64.5 Å². The molecular weight excluding hydrogens is 232 g/mol. The minimum absolute atomic E-state index is 0.00541. The molecule has 1 aliphatic carbocycles. The SMILES string of the molecule is COc1nc(C2CC2)nc(OC(C)C)c1C(C)O. The molecule has 0 saturated heterocycles. The zero-order valence-corrected chi connectivity index (χ0v) is 11.3. The standard InChI is InChI=1S/C13H20N2O3/c1-7(2)18-13-10(8(3)16)12(17-4)14-11(15-13)9-5-6-9/h7-9,16H,5-6H2,1-4H3. The summed E-state index contributed by atoms with van der Waals surface area (Å²) in [6, 6.07) is 0. The van der Waals surface area contributed by atoms with Gasteiger partial charge in [0.15, 0.2) is 0 Å². The number of aliphatic hydroxyl groups excluding tert-OH is 1. The van der Waals surface area contributed by atoms with E-state index in [9.17, 15) is 5.11 Å². The van der Waals surface area contributed by atoms with E-state index in [1.54, 1.807) is 14.0 Å². The average Bonchev–Trinajstić information content (AvgIpc) is 3.10. The lowest BCUT2D eigenvalue weighted by Gasteiger charge is -2.18. The number of ether oxygens (including phenoxy) is 2. The molecule has 0 bridgehead atoms. The largest absolute Gasteiger partial charge is 0.481 e. The van der Waals surface area contributed by atoms with Crippen molar-refractivity contribution in [2.45, 2.75) is 51.7 Å². The number of hydrogen-bond donors (Lipinski definition) is 1. The van der Waals surface area contributed by atoms with Crippen molar-refractivity contribution in [3.05, 3.63) is 11.4 Å². The summed E-state index contributed by atoms with van der Waals surface area (Å²) in [5.41, 5.74) is 0.524. The Kier molecular flexibility index (Phi) is 3.71. The first-order valence-electron chi connectivity index (χ1n) is 6.33. The molecule has 18 heavy (non-hydrogen) atoms. The maximum atomic E-state index is 9.83. The molecule has 0 amide bonds. The average molecular weight is 252 g/mol. The van der Waals surface area contributed by atoms with Gasteiger partial charge >= 0.3 is 0 Å². The van der Waals surface area contributed by atoms with E-state index in [1.165, 1.54) is 0 Å². The minimum atomic E-state index is -0.720. The van der Waals surface area contributed by atoms with Gasteiger partial charge in [-0.3, -0.25) is 0 Å². The summed E-state index contributed by atoms with van der Waals surface area (Å²) in [4.78, 5) is 8.80. The van der Waals surface area contributed by atoms with Crippen LogP contribution in [0.15, 0.2) is 0 Å². The first-order chi connectivity index (χ1) is 8.52. The second-order valence-electron chi connectivity index (χ2n) is 4.93. The normalized spacial score (nSPS) is 16.8. The maximum absolute atomic E-state index is 9.83. The van der Waals surface area contributed by atoms with Crippen LogP contribution < -0.4 is 9.47 Å². The predicted octanol–water partition coefficient (Wildman–Crippen LogP) is 2.20. The molecule has 1 fully saturated rings. The van der Waals surface area contributed by atoms with Crippen LogP contribution >= 0.6 is 0 Å². The van der Waals surface area contributed by atoms with Crippen molar-refractivity contribution in [2.24, 2.45) is 0 Å². The van der Waals surface area contributed by atoms with Gasteiger partial charge in [-0.2, -0.15) is 9.97 Å². The summed E-state index contributed by atoms with van der Waals surface area (Å²) in [7, 11) is 1.55. The summed E-state index contributed by atoms with van der Waals surface area (Å²) in [5, 5.41) is 9.83. The fourth-order valence-electron chi connectivity index (χ4n) is 1.80. The smallest absolute Gasteiger partial charge is 0.226 e. The molecular formula is C13H20N2O3. The predicted molar refractivity (Wildman–Crippen MR) is 67.0 cm³/mol. The van der Waals surface area contributed by atoms with E-state index in [0.29, 0.717) is 23.2 Å². The summed E-state index contributed by atoms with van der Waals surface area (Å²) in [6.07, 6.45) is 1.49. The highest BCUT2D eigenvalue weighted by molar-refractivity contribution is 5.38. The van der Waals surface area contributed by atoms with Gasteiger partial charge in [0, 0.05) is 5.92 Å². The van der Waals surface area contributed by atoms with Gasteiger partial charge in [-0.15, -0.1) is 0 Å². The van der Waals surface area contributed by atoms with Crippen molar-refractivity contribution in [3.8, 4) is 11.8 Å². The van der Waals surface area contributed by atoms with Crippen molar-refractivity contribution in [2.75, 3.05) is 7.11 Å². The lowest BCUT2D eigenvalue weighted by Crippen LogP contribution is -2.13. The van der Waals surface area contributed by atoms with Crippen molar-refractivity contribution in [3.63, 3.8) is 0 Å². The van der Waals surface area contributed by atoms with Crippen molar-refractivity contribution < 1.29 is 14.6 Å². The molecule has 1 aromatic heterocycles. The first-order valence-corrected chi connectivity index (χ1v) is 6.33. The third-order valence-electron chi connectivity index (χ3n) is 2.79. The molecule has 0 radical (unpaired) electrons. The first kappa shape index (κ1) is 13.1. The van der Waals surface area contributed by atoms with Gasteiger partial charge in [-0.05, 0) is 33.6 Å². The van der Waals surface area contributed by atoms with E-state index >= 15 is 0 Å². The molecule has 1 unspecified atom stereocenters. The molecule has 1 aromatic rings. The van der Waals surface area contributed by atoms with Crippen LogP contribution in [0.25, 0.3) is 0 Å². The molecule has 5 heteroatoms. The zero-order valence-electron chi connectivity index (χ0n) is 11.3. The van der Waals surface area contributed by atoms with Crippen molar-refractivity contribution in [1.29, 1.82) is 0 Å². The third kappa shape index (κ3) is 2.72. The van der Waals surface area contributed by atoms with Crippen LogP contribution in [0.5, 0.6) is 11.8 Å². The van der Waals surface area contributed by atoms with Gasteiger partial charge in [0.1, 0.15) is 11.4 Å². The summed E-state index contributed by atoms with van der Waals surface area (Å²) < 4.78 is 10.9. The van der Waals surface area contributed by atoms with Gasteiger partial charge in [0.25, 0.3) is 0 Å². The van der Waals surface area contributed by atoms with Crippen LogP contribution in [0, 0.1) is 0 Å². The summed E-state index contributed by atoms with van der Waals surface area (Å²) in [5.74, 6) is 2.02. The fraction of sp³-hybridized carbons (Fsp3) is 0.692. The molecule has 1 N–H and O–H groups in total. The maximum Gasteiger partial charge on any atom is 0.226 e. The molecule has 5 nitrogen and oxygen atoms in total. The Balaban J connectivity index is 2.46. The molecule has 100 valence electrons. The van der Waals surface area contributed by atoms with Crippen LogP contribution in [-0.2, 0) is 0 Å². The van der Waals surface area contributed by atoms with E-state index in [2.05, 4.69) is 9.97 Å². The highest BCUT2D eigenvalue weighted by Gasteiger charge is 2.30. The number of methoxy groups -OCH3 is 1. The van der Waals surface area contributed by atoms with Gasteiger partial charge < -0.3 is 14.6 Å². The Morgan fingerprint density at radius 3 is 2.22 bits per heavy atom. The zero-order chi connectivity index (χ0) is 13.3. The van der Waals surface area contributed by atoms with E-state index in [4.69, 9.17) is 9.47 Å². The fourth-order valence-corrected chi connectivity index (χ4v) is 1.80. The Bertz CT molecular complexity index is 428. The monoisotopic (exact) mass is 252 g/mol. The second kappa shape index (κ2) is 5.10. The van der Waals surface area contributed by atoms with Gasteiger partial charge in [0.2, 0.25) is 11.8 Å². The highest BCUT2D eigenvalue weighted by Crippen LogP contribution is 2.41. The van der Waals surface area contributed by atoms with Gasteiger partial charge in [0.05, 0.1) is 19.3 Å². The number of rotatable bonds is 5. The van der Waals surface area contributed by atoms with Gasteiger partial charge in [-0.25, -0.2) is 0 Å². The van der Waals surface area contributed by atoms with Crippen LogP contribution in [0.3, 0.4) is 0 Å². The van der Waals surface area contributed by atoms with Crippen LogP contribution in [0.1, 0.15) is 57.0 Å². The Morgan fingerprint density at radius 2 is 1.78 bits per heavy atom. The lowest BCUT2D eigenvalue weighted by molar-refractivity contribution is 0.171. The number of aliphatic hydroxyl groups is 1. The van der Waals surface area contributed by atoms with E-state index in [1.807, 2.05) is 13.8 Å². The van der Waals surface area contributed by atoms with Crippen molar-refractivity contribution in [1.82, 2.24) is 9.97 Å². The molecule has 0 aliphatic heterocycles. The summed E-state index contributed by atoms with van der Waals surface area (Å²) in [6.45, 7) is 5.51. The minimum Gasteiger partial charge on any atom is -0.481 e. The van der Waals surface area contributed by atoms with E-state index in [0.717, 1.165) is 18.7 Å². The molecule has 1 heterocycles. The summed E-state index contributed by atoms with van der Waals surface area (Å²) >= 11 is 0. The van der Waals surface area contributed by atoms with Gasteiger partial charge in [-0.1, -0.05) is 0 Å².